The summed E-state index contributed by atoms with van der Waals surface area (Å²) in [6.45, 7) is 2.34. The summed E-state index contributed by atoms with van der Waals surface area (Å²) in [7, 11) is 0. The van der Waals surface area contributed by atoms with Crippen LogP contribution in [0.25, 0.3) is 11.1 Å². The number of alkyl carbamates (subject to hydrolysis) is 1. The normalized spacial score (nSPS) is 20.1. The first-order chi connectivity index (χ1) is 16.9. The lowest BCUT2D eigenvalue weighted by Gasteiger charge is -2.26. The highest BCUT2D eigenvalue weighted by molar-refractivity contribution is 5.81. The Balaban J connectivity index is 1.36. The molecule has 2 aliphatic carbocycles. The molecule has 0 heterocycles. The Kier molecular flexibility index (Phi) is 8.06. The monoisotopic (exact) mass is 478 g/mol. The molecule has 2 amide bonds. The molecule has 2 aliphatic rings. The van der Waals surface area contributed by atoms with Gasteiger partial charge in [0.2, 0.25) is 5.91 Å². The highest BCUT2D eigenvalue weighted by Crippen LogP contribution is 2.44. The molecule has 0 aromatic heterocycles. The van der Waals surface area contributed by atoms with Crippen molar-refractivity contribution in [3.63, 3.8) is 0 Å². The number of nitrogens with one attached hydrogen (secondary N) is 2. The van der Waals surface area contributed by atoms with Crippen LogP contribution in [0.5, 0.6) is 0 Å². The highest BCUT2D eigenvalue weighted by Gasteiger charge is 2.33. The van der Waals surface area contributed by atoms with Gasteiger partial charge in [-0.1, -0.05) is 74.7 Å². The molecule has 0 radical (unpaired) electrons. The summed E-state index contributed by atoms with van der Waals surface area (Å²) in [6.07, 6.45) is 3.78. The van der Waals surface area contributed by atoms with Crippen LogP contribution in [-0.2, 0) is 14.3 Å². The van der Waals surface area contributed by atoms with E-state index in [1.54, 1.807) is 6.92 Å². The van der Waals surface area contributed by atoms with E-state index >= 15 is 0 Å². The molecule has 1 saturated carbocycles. The van der Waals surface area contributed by atoms with Crippen molar-refractivity contribution >= 4 is 18.0 Å². The summed E-state index contributed by atoms with van der Waals surface area (Å²) < 4.78 is 5.71. The number of aliphatic carboxylic acids is 1. The number of carbonyl (C=O) groups is 3. The van der Waals surface area contributed by atoms with Crippen LogP contribution in [0.15, 0.2) is 48.5 Å². The molecule has 7 nitrogen and oxygen atoms in total. The number of ether oxygens (including phenoxy) is 1. The van der Waals surface area contributed by atoms with Crippen LogP contribution < -0.4 is 10.6 Å². The second-order valence-electron chi connectivity index (χ2n) is 9.77. The summed E-state index contributed by atoms with van der Waals surface area (Å²) in [5.74, 6) is -1.54. The van der Waals surface area contributed by atoms with E-state index in [1.165, 1.54) is 11.1 Å². The van der Waals surface area contributed by atoms with Gasteiger partial charge in [-0.3, -0.25) is 9.59 Å². The molecule has 3 N–H and O–H groups in total. The number of hydrogen-bond acceptors (Lipinski definition) is 4. The maximum Gasteiger partial charge on any atom is 0.407 e. The molecule has 3 atom stereocenters. The third-order valence-corrected chi connectivity index (χ3v) is 7.15. The summed E-state index contributed by atoms with van der Waals surface area (Å²) in [5, 5.41) is 14.8. The van der Waals surface area contributed by atoms with Crippen molar-refractivity contribution in [2.75, 3.05) is 13.2 Å². The molecule has 186 valence electrons. The maximum atomic E-state index is 12.9. The molecule has 2 aromatic carbocycles. The fourth-order valence-electron chi connectivity index (χ4n) is 5.36. The molecule has 4 rings (SSSR count). The molecule has 1 unspecified atom stereocenters. The summed E-state index contributed by atoms with van der Waals surface area (Å²) in [5.41, 5.74) is 4.66. The first kappa shape index (κ1) is 24.8. The van der Waals surface area contributed by atoms with Crippen molar-refractivity contribution in [3.8, 4) is 11.1 Å². The second kappa shape index (κ2) is 11.4. The van der Waals surface area contributed by atoms with Crippen LogP contribution in [0.2, 0.25) is 0 Å². The molecule has 0 aliphatic heterocycles. The van der Waals surface area contributed by atoms with Crippen LogP contribution in [-0.4, -0.2) is 42.3 Å². The number of fused-ring (bicyclic) bond motifs is 3. The van der Waals surface area contributed by atoms with Gasteiger partial charge in [0.1, 0.15) is 6.61 Å². The standard InChI is InChI=1S/C28H34N2O5/c1-18(15-26(31)32)16-29-27(33)23-13-3-2-4-14-25(23)30-28(34)35-17-24-21-11-7-5-9-19(21)20-10-6-8-12-22(20)24/h5-12,18,23-25H,2-4,13-17H2,1H3,(H,29,33)(H,30,34)(H,31,32)/t18?,23-,25+/m1/s1. The first-order valence-electron chi connectivity index (χ1n) is 12.5. The Morgan fingerprint density at radius 3 is 2.26 bits per heavy atom. The van der Waals surface area contributed by atoms with E-state index in [2.05, 4.69) is 34.9 Å². The van der Waals surface area contributed by atoms with E-state index in [4.69, 9.17) is 9.84 Å². The number of carbonyl (C=O) groups excluding carboxylic acids is 2. The minimum atomic E-state index is -0.879. The number of rotatable bonds is 8. The van der Waals surface area contributed by atoms with Gasteiger partial charge in [-0.2, -0.15) is 0 Å². The Morgan fingerprint density at radius 2 is 1.60 bits per heavy atom. The van der Waals surface area contributed by atoms with E-state index in [9.17, 15) is 14.4 Å². The average molecular weight is 479 g/mol. The predicted octanol–water partition coefficient (Wildman–Crippen LogP) is 4.70. The third kappa shape index (κ3) is 6.02. The predicted molar refractivity (Wildman–Crippen MR) is 133 cm³/mol. The zero-order chi connectivity index (χ0) is 24.8. The maximum absolute atomic E-state index is 12.9. The highest BCUT2D eigenvalue weighted by atomic mass is 16.5. The van der Waals surface area contributed by atoms with Crippen molar-refractivity contribution in [1.29, 1.82) is 0 Å². The topological polar surface area (TPSA) is 105 Å². The molecule has 0 bridgehead atoms. The molecule has 2 aromatic rings. The van der Waals surface area contributed by atoms with Crippen molar-refractivity contribution in [2.24, 2.45) is 11.8 Å². The van der Waals surface area contributed by atoms with E-state index in [-0.39, 0.29) is 42.7 Å². The van der Waals surface area contributed by atoms with Gasteiger partial charge in [0.15, 0.2) is 0 Å². The molecule has 35 heavy (non-hydrogen) atoms. The minimum Gasteiger partial charge on any atom is -0.481 e. The Labute approximate surface area is 206 Å². The lowest BCUT2D eigenvalue weighted by molar-refractivity contribution is -0.138. The van der Waals surface area contributed by atoms with E-state index in [0.717, 1.165) is 30.4 Å². The van der Waals surface area contributed by atoms with Gasteiger partial charge in [-0.05, 0) is 41.0 Å². The summed E-state index contributed by atoms with van der Waals surface area (Å²) >= 11 is 0. The Bertz CT molecular complexity index is 1020. The molecule has 1 fully saturated rings. The van der Waals surface area contributed by atoms with Gasteiger partial charge in [-0.15, -0.1) is 0 Å². The van der Waals surface area contributed by atoms with Crippen LogP contribution >= 0.6 is 0 Å². The van der Waals surface area contributed by atoms with E-state index in [1.807, 2.05) is 24.3 Å². The van der Waals surface area contributed by atoms with Crippen LogP contribution in [0.3, 0.4) is 0 Å². The molecule has 7 heteroatoms. The van der Waals surface area contributed by atoms with Crippen LogP contribution in [0, 0.1) is 11.8 Å². The van der Waals surface area contributed by atoms with Gasteiger partial charge in [0.25, 0.3) is 0 Å². The first-order valence-corrected chi connectivity index (χ1v) is 12.5. The molecular weight excluding hydrogens is 444 g/mol. The Hall–Kier alpha value is -3.35. The number of carboxylic acid groups (broad SMARTS) is 1. The lowest BCUT2D eigenvalue weighted by Crippen LogP contribution is -2.47. The van der Waals surface area contributed by atoms with Crippen molar-refractivity contribution in [1.82, 2.24) is 10.6 Å². The average Bonchev–Trinajstić information content (AvgIpc) is 2.97. The molecule has 0 saturated heterocycles. The number of amides is 2. The van der Waals surface area contributed by atoms with E-state index in [0.29, 0.717) is 19.4 Å². The fourth-order valence-corrected chi connectivity index (χ4v) is 5.36. The minimum absolute atomic E-state index is 0.00632. The lowest BCUT2D eigenvalue weighted by atomic mass is 9.93. The SMILES string of the molecule is CC(CNC(=O)[C@@H]1CCCCC[C@@H]1NC(=O)OCC1c2ccccc2-c2ccccc21)CC(=O)O. The van der Waals surface area contributed by atoms with Crippen LogP contribution in [0.1, 0.15) is 62.5 Å². The van der Waals surface area contributed by atoms with Crippen molar-refractivity contribution in [2.45, 2.75) is 57.4 Å². The smallest absolute Gasteiger partial charge is 0.407 e. The Morgan fingerprint density at radius 1 is 0.971 bits per heavy atom. The number of carboxylic acids is 1. The summed E-state index contributed by atoms with van der Waals surface area (Å²) in [4.78, 5) is 36.6. The third-order valence-electron chi connectivity index (χ3n) is 7.15. The number of benzene rings is 2. The van der Waals surface area contributed by atoms with Gasteiger partial charge in [0, 0.05) is 24.9 Å². The quantitative estimate of drug-likeness (QED) is 0.477. The zero-order valence-corrected chi connectivity index (χ0v) is 20.2. The van der Waals surface area contributed by atoms with Gasteiger partial charge < -0.3 is 20.5 Å². The second-order valence-corrected chi connectivity index (χ2v) is 9.77. The van der Waals surface area contributed by atoms with E-state index < -0.39 is 12.1 Å². The van der Waals surface area contributed by atoms with Crippen molar-refractivity contribution in [3.05, 3.63) is 59.7 Å². The summed E-state index contributed by atoms with van der Waals surface area (Å²) in [6, 6.07) is 16.1. The molecule has 0 spiro atoms. The number of hydrogen-bond donors (Lipinski definition) is 3. The zero-order valence-electron chi connectivity index (χ0n) is 20.2. The van der Waals surface area contributed by atoms with Crippen LogP contribution in [0.4, 0.5) is 4.79 Å². The largest absolute Gasteiger partial charge is 0.481 e. The molecular formula is C28H34N2O5. The van der Waals surface area contributed by atoms with Gasteiger partial charge >= 0.3 is 12.1 Å². The van der Waals surface area contributed by atoms with Crippen molar-refractivity contribution < 1.29 is 24.2 Å². The van der Waals surface area contributed by atoms with Gasteiger partial charge in [0.05, 0.1) is 5.92 Å². The fraction of sp³-hybridized carbons (Fsp3) is 0.464. The van der Waals surface area contributed by atoms with Gasteiger partial charge in [-0.25, -0.2) is 4.79 Å².